The van der Waals surface area contributed by atoms with Gasteiger partial charge in [-0.15, -0.1) is 0 Å². The Morgan fingerprint density at radius 3 is 2.41 bits per heavy atom. The van der Waals surface area contributed by atoms with Crippen LogP contribution in [0.25, 0.3) is 0 Å². The minimum atomic E-state index is -0.506. The van der Waals surface area contributed by atoms with Gasteiger partial charge in [-0.2, -0.15) is 0 Å². The number of benzene rings is 1. The molecule has 0 aliphatic heterocycles. The number of methoxy groups -OCH3 is 1. The summed E-state index contributed by atoms with van der Waals surface area (Å²) in [4.78, 5) is 0. The summed E-state index contributed by atoms with van der Waals surface area (Å²) < 4.78 is 5.70. The number of rotatable bonds is 3. The van der Waals surface area contributed by atoms with E-state index in [0.29, 0.717) is 0 Å². The molecular weight excluding hydrogens is 212 g/mol. The molecule has 1 saturated carbocycles. The van der Waals surface area contributed by atoms with Gasteiger partial charge in [0.1, 0.15) is 6.10 Å². The van der Waals surface area contributed by atoms with Crippen LogP contribution in [0.15, 0.2) is 24.3 Å². The molecular formula is C15H22O2. The Bertz CT molecular complexity index is 367. The Kier molecular flexibility index (Phi) is 3.85. The minimum Gasteiger partial charge on any atom is -0.385 e. The van der Waals surface area contributed by atoms with Crippen LogP contribution in [0.1, 0.15) is 49.3 Å². The summed E-state index contributed by atoms with van der Waals surface area (Å²) >= 11 is 0. The van der Waals surface area contributed by atoms with Crippen molar-refractivity contribution in [2.24, 2.45) is 0 Å². The van der Waals surface area contributed by atoms with E-state index in [0.717, 1.165) is 36.8 Å². The van der Waals surface area contributed by atoms with E-state index in [9.17, 15) is 5.11 Å². The van der Waals surface area contributed by atoms with Crippen LogP contribution in [0.3, 0.4) is 0 Å². The highest BCUT2D eigenvalue weighted by Gasteiger charge is 2.40. The lowest BCUT2D eigenvalue weighted by Crippen LogP contribution is -2.40. The topological polar surface area (TPSA) is 29.5 Å². The molecule has 1 aromatic carbocycles. The highest BCUT2D eigenvalue weighted by Crippen LogP contribution is 2.41. The molecule has 1 N–H and O–H groups in total. The number of aliphatic hydroxyl groups excluding tert-OH is 1. The van der Waals surface area contributed by atoms with E-state index in [1.807, 2.05) is 31.2 Å². The van der Waals surface area contributed by atoms with Crippen LogP contribution >= 0.6 is 0 Å². The van der Waals surface area contributed by atoms with Crippen molar-refractivity contribution >= 4 is 0 Å². The predicted octanol–water partition coefficient (Wildman–Crippen LogP) is 3.38. The zero-order valence-electron chi connectivity index (χ0n) is 10.8. The van der Waals surface area contributed by atoms with Crippen molar-refractivity contribution in [1.82, 2.24) is 0 Å². The van der Waals surface area contributed by atoms with Crippen LogP contribution in [0.5, 0.6) is 0 Å². The first-order chi connectivity index (χ1) is 8.19. The first kappa shape index (κ1) is 12.6. The Morgan fingerprint density at radius 2 is 1.82 bits per heavy atom. The fourth-order valence-electron chi connectivity index (χ4n) is 2.92. The van der Waals surface area contributed by atoms with Crippen molar-refractivity contribution in [3.8, 4) is 0 Å². The monoisotopic (exact) mass is 234 g/mol. The second kappa shape index (κ2) is 5.19. The molecule has 1 aliphatic rings. The van der Waals surface area contributed by atoms with Gasteiger partial charge in [0.25, 0.3) is 0 Å². The van der Waals surface area contributed by atoms with Crippen LogP contribution in [-0.4, -0.2) is 17.8 Å². The molecule has 2 rings (SSSR count). The molecule has 94 valence electrons. The molecule has 0 amide bonds. The molecule has 17 heavy (non-hydrogen) atoms. The summed E-state index contributed by atoms with van der Waals surface area (Å²) in [5.41, 5.74) is 1.78. The maximum absolute atomic E-state index is 10.7. The molecule has 1 aromatic rings. The molecule has 2 heteroatoms. The SMILES string of the molecule is COC1(C(O)c2ccccc2C)CCCCC1. The smallest absolute Gasteiger partial charge is 0.108 e. The van der Waals surface area contributed by atoms with Crippen molar-refractivity contribution < 1.29 is 9.84 Å². The summed E-state index contributed by atoms with van der Waals surface area (Å²) in [6.45, 7) is 2.05. The standard InChI is InChI=1S/C15H22O2/c1-12-8-4-5-9-13(12)14(16)15(17-2)10-6-3-7-11-15/h4-5,8-9,14,16H,3,6-7,10-11H2,1-2H3. The van der Waals surface area contributed by atoms with Gasteiger partial charge in [0, 0.05) is 7.11 Å². The summed E-state index contributed by atoms with van der Waals surface area (Å²) in [5, 5.41) is 10.7. The largest absolute Gasteiger partial charge is 0.385 e. The van der Waals surface area contributed by atoms with Crippen LogP contribution in [0.4, 0.5) is 0 Å². The zero-order valence-corrected chi connectivity index (χ0v) is 10.8. The Labute approximate surface area is 104 Å². The van der Waals surface area contributed by atoms with Gasteiger partial charge in [0.2, 0.25) is 0 Å². The molecule has 0 spiro atoms. The van der Waals surface area contributed by atoms with Gasteiger partial charge in [0.05, 0.1) is 5.60 Å². The molecule has 0 bridgehead atoms. The van der Waals surface area contributed by atoms with E-state index in [-0.39, 0.29) is 5.60 Å². The van der Waals surface area contributed by atoms with Crippen molar-refractivity contribution in [2.45, 2.75) is 50.7 Å². The van der Waals surface area contributed by atoms with Gasteiger partial charge < -0.3 is 9.84 Å². The molecule has 1 unspecified atom stereocenters. The lowest BCUT2D eigenvalue weighted by molar-refractivity contribution is -0.125. The third-order valence-electron chi connectivity index (χ3n) is 4.09. The summed E-state index contributed by atoms with van der Waals surface area (Å²) in [5.74, 6) is 0. The average molecular weight is 234 g/mol. The van der Waals surface area contributed by atoms with Gasteiger partial charge >= 0.3 is 0 Å². The molecule has 0 radical (unpaired) electrons. The van der Waals surface area contributed by atoms with E-state index in [2.05, 4.69) is 0 Å². The zero-order chi connectivity index (χ0) is 12.3. The molecule has 2 nitrogen and oxygen atoms in total. The third kappa shape index (κ3) is 2.38. The van der Waals surface area contributed by atoms with E-state index in [1.54, 1.807) is 7.11 Å². The van der Waals surface area contributed by atoms with E-state index in [4.69, 9.17) is 4.74 Å². The maximum Gasteiger partial charge on any atom is 0.108 e. The van der Waals surface area contributed by atoms with Gasteiger partial charge in [-0.05, 0) is 30.9 Å². The van der Waals surface area contributed by atoms with Gasteiger partial charge in [0.15, 0.2) is 0 Å². The van der Waals surface area contributed by atoms with Crippen molar-refractivity contribution in [3.05, 3.63) is 35.4 Å². The number of hydrogen-bond donors (Lipinski definition) is 1. The number of ether oxygens (including phenoxy) is 1. The minimum absolute atomic E-state index is 0.371. The van der Waals surface area contributed by atoms with Crippen LogP contribution in [-0.2, 0) is 4.74 Å². The second-order valence-corrected chi connectivity index (χ2v) is 5.09. The van der Waals surface area contributed by atoms with Crippen molar-refractivity contribution in [2.75, 3.05) is 7.11 Å². The lowest BCUT2D eigenvalue weighted by Gasteiger charge is -2.40. The fraction of sp³-hybridized carbons (Fsp3) is 0.600. The second-order valence-electron chi connectivity index (χ2n) is 5.09. The van der Waals surface area contributed by atoms with Crippen LogP contribution in [0.2, 0.25) is 0 Å². The van der Waals surface area contributed by atoms with Crippen LogP contribution in [0, 0.1) is 6.92 Å². The average Bonchev–Trinajstić information content (AvgIpc) is 2.39. The molecule has 1 atom stereocenters. The van der Waals surface area contributed by atoms with Gasteiger partial charge in [-0.1, -0.05) is 43.5 Å². The molecule has 0 heterocycles. The molecule has 0 aromatic heterocycles. The van der Waals surface area contributed by atoms with Crippen molar-refractivity contribution in [3.63, 3.8) is 0 Å². The van der Waals surface area contributed by atoms with Crippen molar-refractivity contribution in [1.29, 1.82) is 0 Å². The first-order valence-corrected chi connectivity index (χ1v) is 6.48. The first-order valence-electron chi connectivity index (χ1n) is 6.48. The quantitative estimate of drug-likeness (QED) is 0.868. The summed E-state index contributed by atoms with van der Waals surface area (Å²) in [6, 6.07) is 8.05. The summed E-state index contributed by atoms with van der Waals surface area (Å²) in [6.07, 6.45) is 4.96. The third-order valence-corrected chi connectivity index (χ3v) is 4.09. The highest BCUT2D eigenvalue weighted by atomic mass is 16.5. The van der Waals surface area contributed by atoms with E-state index in [1.165, 1.54) is 6.42 Å². The van der Waals surface area contributed by atoms with E-state index < -0.39 is 6.10 Å². The number of aliphatic hydroxyl groups is 1. The fourth-order valence-corrected chi connectivity index (χ4v) is 2.92. The van der Waals surface area contributed by atoms with Crippen LogP contribution < -0.4 is 0 Å². The Morgan fingerprint density at radius 1 is 1.18 bits per heavy atom. The highest BCUT2D eigenvalue weighted by molar-refractivity contribution is 5.29. The molecule has 0 saturated heterocycles. The van der Waals surface area contributed by atoms with Gasteiger partial charge in [-0.25, -0.2) is 0 Å². The number of hydrogen-bond acceptors (Lipinski definition) is 2. The predicted molar refractivity (Wildman–Crippen MR) is 69.0 cm³/mol. The Balaban J connectivity index is 2.28. The lowest BCUT2D eigenvalue weighted by atomic mass is 9.77. The van der Waals surface area contributed by atoms with E-state index >= 15 is 0 Å². The Hall–Kier alpha value is -0.860. The normalized spacial score (nSPS) is 21.1. The molecule has 1 aliphatic carbocycles. The van der Waals surface area contributed by atoms with Gasteiger partial charge in [-0.3, -0.25) is 0 Å². The maximum atomic E-state index is 10.7. The summed E-state index contributed by atoms with van der Waals surface area (Å²) in [7, 11) is 1.73. The molecule has 1 fully saturated rings. The number of aryl methyl sites for hydroxylation is 1.